The normalized spacial score (nSPS) is 17.8. The highest BCUT2D eigenvalue weighted by molar-refractivity contribution is 5.58. The van der Waals surface area contributed by atoms with Gasteiger partial charge in [0.1, 0.15) is 0 Å². The summed E-state index contributed by atoms with van der Waals surface area (Å²) in [4.78, 5) is 4.70. The minimum atomic E-state index is -0.611. The van der Waals surface area contributed by atoms with Gasteiger partial charge in [0.05, 0.1) is 5.60 Å². The molecule has 0 unspecified atom stereocenters. The largest absolute Gasteiger partial charge is 0.399 e. The van der Waals surface area contributed by atoms with Gasteiger partial charge in [-0.05, 0) is 44.5 Å². The number of anilines is 2. The van der Waals surface area contributed by atoms with E-state index in [1.807, 2.05) is 26.8 Å². The van der Waals surface area contributed by atoms with Gasteiger partial charge in [-0.1, -0.05) is 0 Å². The molecule has 1 aliphatic rings. The first-order chi connectivity index (χ1) is 8.85. The van der Waals surface area contributed by atoms with Crippen LogP contribution in [0.1, 0.15) is 19.4 Å². The van der Waals surface area contributed by atoms with E-state index in [0.717, 1.165) is 44.0 Å². The number of benzene rings is 1. The molecule has 0 bridgehead atoms. The van der Waals surface area contributed by atoms with Gasteiger partial charge in [0.15, 0.2) is 0 Å². The summed E-state index contributed by atoms with van der Waals surface area (Å²) in [7, 11) is 0. The van der Waals surface area contributed by atoms with Crippen LogP contribution in [-0.4, -0.2) is 48.3 Å². The first-order valence-electron chi connectivity index (χ1n) is 6.91. The van der Waals surface area contributed by atoms with E-state index in [1.54, 1.807) is 0 Å². The third-order valence-electron chi connectivity index (χ3n) is 3.60. The summed E-state index contributed by atoms with van der Waals surface area (Å²) in [6, 6.07) is 6.23. The van der Waals surface area contributed by atoms with E-state index in [0.29, 0.717) is 0 Å². The molecular formula is C15H25N3O. The smallest absolute Gasteiger partial charge is 0.0718 e. The Labute approximate surface area is 115 Å². The Kier molecular flexibility index (Phi) is 4.02. The molecule has 0 spiro atoms. The Hall–Kier alpha value is -1.26. The van der Waals surface area contributed by atoms with E-state index in [1.165, 1.54) is 5.69 Å². The van der Waals surface area contributed by atoms with Gasteiger partial charge in [-0.15, -0.1) is 0 Å². The number of nitrogens with zero attached hydrogens (tertiary/aromatic N) is 2. The van der Waals surface area contributed by atoms with Gasteiger partial charge in [0.25, 0.3) is 0 Å². The molecule has 1 aromatic rings. The summed E-state index contributed by atoms with van der Waals surface area (Å²) < 4.78 is 0. The predicted molar refractivity (Wildman–Crippen MR) is 80.5 cm³/mol. The lowest BCUT2D eigenvalue weighted by Gasteiger charge is -2.38. The molecule has 0 aromatic heterocycles. The Morgan fingerprint density at radius 2 is 1.84 bits per heavy atom. The highest BCUT2D eigenvalue weighted by Gasteiger charge is 2.22. The molecule has 0 radical (unpaired) electrons. The number of piperazine rings is 1. The molecule has 4 nitrogen and oxygen atoms in total. The average molecular weight is 263 g/mol. The number of hydrogen-bond acceptors (Lipinski definition) is 4. The maximum Gasteiger partial charge on any atom is 0.0718 e. The van der Waals surface area contributed by atoms with Crippen LogP contribution in [0.4, 0.5) is 11.4 Å². The van der Waals surface area contributed by atoms with E-state index >= 15 is 0 Å². The first kappa shape index (κ1) is 14.2. The molecule has 0 atom stereocenters. The van der Waals surface area contributed by atoms with Crippen LogP contribution in [0.25, 0.3) is 0 Å². The quantitative estimate of drug-likeness (QED) is 0.811. The molecule has 1 fully saturated rings. The molecule has 0 aliphatic carbocycles. The lowest BCUT2D eigenvalue weighted by molar-refractivity contribution is 0.0345. The van der Waals surface area contributed by atoms with Crippen LogP contribution in [-0.2, 0) is 0 Å². The zero-order valence-corrected chi connectivity index (χ0v) is 12.2. The van der Waals surface area contributed by atoms with Gasteiger partial charge in [0, 0.05) is 44.1 Å². The van der Waals surface area contributed by atoms with E-state index < -0.39 is 5.60 Å². The number of β-amino-alcohol motifs (C(OH)–C–C–N with tert-alkyl or cyclic N) is 1. The lowest BCUT2D eigenvalue weighted by Crippen LogP contribution is -2.50. The van der Waals surface area contributed by atoms with Crippen LogP contribution in [0.2, 0.25) is 0 Å². The van der Waals surface area contributed by atoms with Crippen molar-refractivity contribution in [2.24, 2.45) is 0 Å². The van der Waals surface area contributed by atoms with Gasteiger partial charge in [-0.25, -0.2) is 0 Å². The van der Waals surface area contributed by atoms with Crippen LogP contribution in [0.15, 0.2) is 18.2 Å². The summed E-state index contributed by atoms with van der Waals surface area (Å²) in [5.74, 6) is 0. The molecule has 1 saturated heterocycles. The molecule has 0 amide bonds. The average Bonchev–Trinajstić information content (AvgIpc) is 2.32. The highest BCUT2D eigenvalue weighted by Crippen LogP contribution is 2.22. The summed E-state index contributed by atoms with van der Waals surface area (Å²) in [6.07, 6.45) is 0. The molecule has 1 aliphatic heterocycles. The third-order valence-corrected chi connectivity index (χ3v) is 3.60. The molecule has 4 heteroatoms. The first-order valence-corrected chi connectivity index (χ1v) is 6.91. The molecule has 3 N–H and O–H groups in total. The maximum atomic E-state index is 9.85. The van der Waals surface area contributed by atoms with Crippen LogP contribution in [0.3, 0.4) is 0 Å². The van der Waals surface area contributed by atoms with Crippen LogP contribution < -0.4 is 10.6 Å². The minimum absolute atomic E-state index is 0.611. The van der Waals surface area contributed by atoms with Gasteiger partial charge in [-0.3, -0.25) is 4.90 Å². The second kappa shape index (κ2) is 5.39. The van der Waals surface area contributed by atoms with E-state index in [-0.39, 0.29) is 0 Å². The molecule has 2 rings (SSSR count). The Bertz CT molecular complexity index is 432. The number of aliphatic hydroxyl groups is 1. The third kappa shape index (κ3) is 3.85. The fourth-order valence-corrected chi connectivity index (χ4v) is 2.57. The number of aryl methyl sites for hydroxylation is 1. The fourth-order valence-electron chi connectivity index (χ4n) is 2.57. The number of hydrogen-bond donors (Lipinski definition) is 2. The summed E-state index contributed by atoms with van der Waals surface area (Å²) in [5, 5.41) is 9.85. The summed E-state index contributed by atoms with van der Waals surface area (Å²) >= 11 is 0. The molecule has 19 heavy (non-hydrogen) atoms. The summed E-state index contributed by atoms with van der Waals surface area (Å²) in [5.41, 5.74) is 8.48. The Morgan fingerprint density at radius 1 is 1.21 bits per heavy atom. The number of rotatable bonds is 3. The molecule has 1 heterocycles. The Balaban J connectivity index is 1.94. The monoisotopic (exact) mass is 263 g/mol. The van der Waals surface area contributed by atoms with Crippen LogP contribution in [0, 0.1) is 6.92 Å². The predicted octanol–water partition coefficient (Wildman–Crippen LogP) is 1.47. The highest BCUT2D eigenvalue weighted by atomic mass is 16.3. The van der Waals surface area contributed by atoms with Gasteiger partial charge in [0.2, 0.25) is 0 Å². The van der Waals surface area contributed by atoms with E-state index in [4.69, 9.17) is 5.73 Å². The van der Waals surface area contributed by atoms with Crippen molar-refractivity contribution in [3.8, 4) is 0 Å². The van der Waals surface area contributed by atoms with Gasteiger partial charge in [-0.2, -0.15) is 0 Å². The second-order valence-electron chi connectivity index (χ2n) is 6.12. The minimum Gasteiger partial charge on any atom is -0.399 e. The van der Waals surface area contributed by atoms with Crippen LogP contribution >= 0.6 is 0 Å². The van der Waals surface area contributed by atoms with Crippen molar-refractivity contribution >= 4 is 11.4 Å². The number of nitrogens with two attached hydrogens (primary N) is 1. The van der Waals surface area contributed by atoms with Gasteiger partial charge < -0.3 is 15.7 Å². The SMILES string of the molecule is Cc1cc(N2CCN(CC(C)(C)O)CC2)ccc1N. The van der Waals surface area contributed by atoms with Crippen molar-refractivity contribution in [1.82, 2.24) is 4.90 Å². The second-order valence-corrected chi connectivity index (χ2v) is 6.12. The van der Waals surface area contributed by atoms with Crippen molar-refractivity contribution in [2.75, 3.05) is 43.4 Å². The van der Waals surface area contributed by atoms with Crippen molar-refractivity contribution in [2.45, 2.75) is 26.4 Å². The zero-order valence-electron chi connectivity index (χ0n) is 12.2. The maximum absolute atomic E-state index is 9.85. The fraction of sp³-hybridized carbons (Fsp3) is 0.600. The van der Waals surface area contributed by atoms with E-state index in [9.17, 15) is 5.11 Å². The van der Waals surface area contributed by atoms with Crippen molar-refractivity contribution < 1.29 is 5.11 Å². The van der Waals surface area contributed by atoms with Crippen molar-refractivity contribution in [3.05, 3.63) is 23.8 Å². The topological polar surface area (TPSA) is 52.7 Å². The summed E-state index contributed by atoms with van der Waals surface area (Å²) in [6.45, 7) is 10.5. The molecule has 0 saturated carbocycles. The van der Waals surface area contributed by atoms with Crippen molar-refractivity contribution in [3.63, 3.8) is 0 Å². The molecular weight excluding hydrogens is 238 g/mol. The standard InChI is InChI=1S/C15H25N3O/c1-12-10-13(4-5-14(12)16)18-8-6-17(7-9-18)11-15(2,3)19/h4-5,10,19H,6-9,11,16H2,1-3H3. The van der Waals surface area contributed by atoms with Crippen molar-refractivity contribution in [1.29, 1.82) is 0 Å². The van der Waals surface area contributed by atoms with Crippen LogP contribution in [0.5, 0.6) is 0 Å². The van der Waals surface area contributed by atoms with E-state index in [2.05, 4.69) is 21.9 Å². The Morgan fingerprint density at radius 3 is 2.37 bits per heavy atom. The van der Waals surface area contributed by atoms with Gasteiger partial charge >= 0.3 is 0 Å². The molecule has 106 valence electrons. The molecule has 1 aromatic carbocycles. The lowest BCUT2D eigenvalue weighted by atomic mass is 10.1. The zero-order chi connectivity index (χ0) is 14.0. The number of nitrogen functional groups attached to an aromatic ring is 1.